The van der Waals surface area contributed by atoms with E-state index < -0.39 is 10.0 Å². The molecule has 0 bridgehead atoms. The molecule has 2 aromatic heterocycles. The van der Waals surface area contributed by atoms with Crippen molar-refractivity contribution in [2.75, 3.05) is 6.26 Å². The summed E-state index contributed by atoms with van der Waals surface area (Å²) in [5, 5.41) is 0. The normalized spacial score (nSPS) is 18.7. The predicted molar refractivity (Wildman–Crippen MR) is 118 cm³/mol. The van der Waals surface area contributed by atoms with Gasteiger partial charge in [-0.1, -0.05) is 42.5 Å². The summed E-state index contributed by atoms with van der Waals surface area (Å²) in [5.41, 5.74) is 4.20. The van der Waals surface area contributed by atoms with E-state index in [0.29, 0.717) is 24.8 Å². The number of hydrogen-bond acceptors (Lipinski definition) is 4. The van der Waals surface area contributed by atoms with Gasteiger partial charge in [0.05, 0.1) is 18.0 Å². The minimum atomic E-state index is -3.41. The summed E-state index contributed by atoms with van der Waals surface area (Å²) in [4.78, 5) is 17.8. The van der Waals surface area contributed by atoms with Crippen molar-refractivity contribution >= 4 is 10.0 Å². The van der Waals surface area contributed by atoms with Gasteiger partial charge in [0.1, 0.15) is 0 Å². The van der Waals surface area contributed by atoms with Gasteiger partial charge in [0.15, 0.2) is 0 Å². The maximum Gasteiger partial charge on any atom is 0.253 e. The quantitative estimate of drug-likeness (QED) is 0.684. The first-order chi connectivity index (χ1) is 14.3. The Morgan fingerprint density at radius 3 is 2.57 bits per heavy atom. The van der Waals surface area contributed by atoms with Gasteiger partial charge in [-0.05, 0) is 38.0 Å². The molecule has 156 valence electrons. The third-order valence-corrected chi connectivity index (χ3v) is 6.29. The van der Waals surface area contributed by atoms with Crippen molar-refractivity contribution < 1.29 is 8.42 Å². The highest BCUT2D eigenvalue weighted by molar-refractivity contribution is 7.88. The molecule has 1 N–H and O–H groups in total. The molecule has 30 heavy (non-hydrogen) atoms. The molecule has 1 aliphatic rings. The third kappa shape index (κ3) is 4.37. The van der Waals surface area contributed by atoms with Crippen molar-refractivity contribution in [1.82, 2.24) is 14.3 Å². The molecule has 4 rings (SSSR count). The van der Waals surface area contributed by atoms with Crippen LogP contribution in [0.25, 0.3) is 11.3 Å². The van der Waals surface area contributed by atoms with E-state index in [1.165, 1.54) is 0 Å². The Kier molecular flexibility index (Phi) is 5.58. The molecule has 3 aromatic rings. The highest BCUT2D eigenvalue weighted by atomic mass is 32.2. The fourth-order valence-corrected chi connectivity index (χ4v) is 4.98. The van der Waals surface area contributed by atoms with Crippen LogP contribution < -0.4 is 10.3 Å². The van der Waals surface area contributed by atoms with Crippen molar-refractivity contribution in [1.29, 1.82) is 0 Å². The molecule has 2 atom stereocenters. The molecule has 6 nitrogen and oxygen atoms in total. The van der Waals surface area contributed by atoms with E-state index in [1.807, 2.05) is 60.7 Å². The molecular formula is C23H25N3O3S. The summed E-state index contributed by atoms with van der Waals surface area (Å²) in [6.45, 7) is 1.79. The van der Waals surface area contributed by atoms with Crippen molar-refractivity contribution in [3.8, 4) is 11.3 Å². The lowest BCUT2D eigenvalue weighted by atomic mass is 9.92. The smallest absolute Gasteiger partial charge is 0.253 e. The lowest BCUT2D eigenvalue weighted by molar-refractivity contribution is 0.313. The van der Waals surface area contributed by atoms with Crippen LogP contribution in [0, 0.1) is 6.92 Å². The third-order valence-electron chi connectivity index (χ3n) is 5.56. The molecule has 0 saturated carbocycles. The number of pyridine rings is 2. The van der Waals surface area contributed by atoms with Crippen molar-refractivity contribution in [2.24, 2.45) is 0 Å². The van der Waals surface area contributed by atoms with E-state index >= 15 is 0 Å². The van der Waals surface area contributed by atoms with Gasteiger partial charge >= 0.3 is 0 Å². The first-order valence-corrected chi connectivity index (χ1v) is 11.9. The topological polar surface area (TPSA) is 81.1 Å². The number of fused-ring (bicyclic) bond motifs is 1. The SMILES string of the molecule is Cc1ccc2n(c1=O)C(Cc1cccc(-c3ccccc3)n1)C(NS(C)(=O)=O)CC2. The van der Waals surface area contributed by atoms with Gasteiger partial charge in [0, 0.05) is 35.0 Å². The lowest BCUT2D eigenvalue weighted by Crippen LogP contribution is -2.48. The van der Waals surface area contributed by atoms with Gasteiger partial charge in [-0.3, -0.25) is 9.78 Å². The molecule has 1 aromatic carbocycles. The van der Waals surface area contributed by atoms with Gasteiger partial charge in [-0.25, -0.2) is 13.1 Å². The molecule has 3 heterocycles. The standard InChI is InChI=1S/C23H25N3O3S/c1-16-11-12-19-13-14-21(25-30(2,28)29)22(26(19)23(16)27)15-18-9-6-10-20(24-18)17-7-4-3-5-8-17/h3-12,21-22,25H,13-15H2,1-2H3. The number of nitrogens with zero attached hydrogens (tertiary/aromatic N) is 2. The Balaban J connectivity index is 1.75. The number of aromatic nitrogens is 2. The Morgan fingerprint density at radius 1 is 1.07 bits per heavy atom. The van der Waals surface area contributed by atoms with Crippen LogP contribution in [0.3, 0.4) is 0 Å². The largest absolute Gasteiger partial charge is 0.307 e. The fourth-order valence-electron chi connectivity index (χ4n) is 4.16. The van der Waals surface area contributed by atoms with Crippen LogP contribution in [0.2, 0.25) is 0 Å². The van der Waals surface area contributed by atoms with Crippen molar-refractivity contribution in [3.05, 3.63) is 88.0 Å². The molecule has 2 unspecified atom stereocenters. The Labute approximate surface area is 176 Å². The van der Waals surface area contributed by atoms with Crippen molar-refractivity contribution in [3.63, 3.8) is 0 Å². The first-order valence-electron chi connectivity index (χ1n) is 10.0. The molecule has 0 amide bonds. The lowest BCUT2D eigenvalue weighted by Gasteiger charge is -2.35. The minimum Gasteiger partial charge on any atom is -0.307 e. The van der Waals surface area contributed by atoms with Crippen LogP contribution in [0.5, 0.6) is 0 Å². The summed E-state index contributed by atoms with van der Waals surface area (Å²) >= 11 is 0. The average Bonchev–Trinajstić information content (AvgIpc) is 2.72. The van der Waals surface area contributed by atoms with Gasteiger partial charge in [-0.15, -0.1) is 0 Å². The number of sulfonamides is 1. The second-order valence-corrected chi connectivity index (χ2v) is 9.65. The van der Waals surface area contributed by atoms with E-state index in [0.717, 1.165) is 28.9 Å². The average molecular weight is 424 g/mol. The molecule has 0 fully saturated rings. The zero-order chi connectivity index (χ0) is 21.3. The van der Waals surface area contributed by atoms with Crippen LogP contribution >= 0.6 is 0 Å². The van der Waals surface area contributed by atoms with E-state index in [4.69, 9.17) is 4.98 Å². The van der Waals surface area contributed by atoms with E-state index in [9.17, 15) is 13.2 Å². The van der Waals surface area contributed by atoms with Crippen LogP contribution in [0.15, 0.2) is 65.5 Å². The van der Waals surface area contributed by atoms with Crippen LogP contribution in [0.1, 0.15) is 29.4 Å². The van der Waals surface area contributed by atoms with Gasteiger partial charge in [0.25, 0.3) is 5.56 Å². The van der Waals surface area contributed by atoms with E-state index in [-0.39, 0.29) is 17.6 Å². The molecule has 7 heteroatoms. The van der Waals surface area contributed by atoms with Gasteiger partial charge in [0.2, 0.25) is 10.0 Å². The predicted octanol–water partition coefficient (Wildman–Crippen LogP) is 2.87. The molecule has 0 radical (unpaired) electrons. The summed E-state index contributed by atoms with van der Waals surface area (Å²) < 4.78 is 28.5. The molecule has 0 spiro atoms. The number of nitrogens with one attached hydrogen (secondary N) is 1. The second kappa shape index (κ2) is 8.16. The number of hydrogen-bond donors (Lipinski definition) is 1. The van der Waals surface area contributed by atoms with Crippen LogP contribution in [-0.2, 0) is 22.9 Å². The fraction of sp³-hybridized carbons (Fsp3) is 0.304. The maximum atomic E-state index is 13.0. The Bertz CT molecular complexity index is 1220. The summed E-state index contributed by atoms with van der Waals surface area (Å²) in [5.74, 6) is 0. The summed E-state index contributed by atoms with van der Waals surface area (Å²) in [6.07, 6.45) is 2.91. The Hall–Kier alpha value is -2.77. The maximum absolute atomic E-state index is 13.0. The molecular weight excluding hydrogens is 398 g/mol. The Morgan fingerprint density at radius 2 is 1.83 bits per heavy atom. The zero-order valence-electron chi connectivity index (χ0n) is 17.1. The van der Waals surface area contributed by atoms with Gasteiger partial charge < -0.3 is 4.57 Å². The molecule has 1 aliphatic heterocycles. The number of aryl methyl sites for hydroxylation is 2. The van der Waals surface area contributed by atoms with Crippen LogP contribution in [-0.4, -0.2) is 30.3 Å². The number of benzene rings is 1. The zero-order valence-corrected chi connectivity index (χ0v) is 17.9. The van der Waals surface area contributed by atoms with E-state index in [2.05, 4.69) is 4.72 Å². The second-order valence-electron chi connectivity index (χ2n) is 7.87. The highest BCUT2D eigenvalue weighted by Gasteiger charge is 2.32. The molecule has 0 aliphatic carbocycles. The monoisotopic (exact) mass is 423 g/mol. The van der Waals surface area contributed by atoms with Crippen molar-refractivity contribution in [2.45, 2.75) is 38.3 Å². The minimum absolute atomic E-state index is 0.0725. The van der Waals surface area contributed by atoms with E-state index in [1.54, 1.807) is 11.5 Å². The first kappa shape index (κ1) is 20.5. The summed E-state index contributed by atoms with van der Waals surface area (Å²) in [7, 11) is -3.41. The van der Waals surface area contributed by atoms with Gasteiger partial charge in [-0.2, -0.15) is 0 Å². The van der Waals surface area contributed by atoms with Crippen LogP contribution in [0.4, 0.5) is 0 Å². The highest BCUT2D eigenvalue weighted by Crippen LogP contribution is 2.28. The molecule has 0 saturated heterocycles. The number of rotatable bonds is 5. The summed E-state index contributed by atoms with van der Waals surface area (Å²) in [6, 6.07) is 18.8.